The summed E-state index contributed by atoms with van der Waals surface area (Å²) in [6.07, 6.45) is 0. The highest BCUT2D eigenvalue weighted by Gasteiger charge is 2.18. The molecule has 1 amide bonds. The fourth-order valence-electron chi connectivity index (χ4n) is 3.19. The predicted molar refractivity (Wildman–Crippen MR) is 125 cm³/mol. The lowest BCUT2D eigenvalue weighted by Gasteiger charge is -2.18. The van der Waals surface area contributed by atoms with E-state index in [2.05, 4.69) is 4.98 Å². The summed E-state index contributed by atoms with van der Waals surface area (Å²) in [6, 6.07) is 17.9. The van der Waals surface area contributed by atoms with Gasteiger partial charge in [0.15, 0.2) is 5.16 Å². The van der Waals surface area contributed by atoms with E-state index < -0.39 is 10.7 Å². The lowest BCUT2D eigenvalue weighted by Crippen LogP contribution is -2.28. The maximum absolute atomic E-state index is 13.4. The normalized spacial score (nSPS) is 10.8. The van der Waals surface area contributed by atoms with Crippen LogP contribution in [-0.2, 0) is 4.79 Å². The Labute approximate surface area is 191 Å². The topological polar surface area (TPSA) is 98.3 Å². The van der Waals surface area contributed by atoms with Crippen LogP contribution in [-0.4, -0.2) is 33.2 Å². The Kier molecular flexibility index (Phi) is 6.18. The van der Waals surface area contributed by atoms with Gasteiger partial charge in [-0.1, -0.05) is 23.9 Å². The number of carbonyl (C=O) groups excluding carboxylic acids is 1. The molecule has 3 aromatic carbocycles. The van der Waals surface area contributed by atoms with Crippen molar-refractivity contribution in [1.29, 1.82) is 0 Å². The van der Waals surface area contributed by atoms with Crippen molar-refractivity contribution in [3.8, 4) is 5.69 Å². The third kappa shape index (κ3) is 4.60. The number of nitro benzene ring substituents is 1. The molecule has 1 heterocycles. The smallest absolute Gasteiger partial charge is 0.269 e. The number of para-hydroxylation sites is 1. The second-order valence-corrected chi connectivity index (χ2v) is 7.99. The van der Waals surface area contributed by atoms with Gasteiger partial charge in [-0.05, 0) is 48.5 Å². The zero-order chi connectivity index (χ0) is 23.5. The van der Waals surface area contributed by atoms with E-state index in [4.69, 9.17) is 0 Å². The molecule has 0 saturated heterocycles. The lowest BCUT2D eigenvalue weighted by atomic mass is 10.2. The van der Waals surface area contributed by atoms with Crippen molar-refractivity contribution < 1.29 is 14.1 Å². The van der Waals surface area contributed by atoms with Gasteiger partial charge in [-0.3, -0.25) is 24.3 Å². The second-order valence-electron chi connectivity index (χ2n) is 7.04. The highest BCUT2D eigenvalue weighted by atomic mass is 32.2. The molecule has 0 spiro atoms. The first kappa shape index (κ1) is 22.2. The molecule has 0 fully saturated rings. The van der Waals surface area contributed by atoms with Crippen molar-refractivity contribution in [2.24, 2.45) is 0 Å². The molecule has 8 nitrogen and oxygen atoms in total. The van der Waals surface area contributed by atoms with Gasteiger partial charge in [-0.2, -0.15) is 0 Å². The highest BCUT2D eigenvalue weighted by Crippen LogP contribution is 2.24. The zero-order valence-corrected chi connectivity index (χ0v) is 18.2. The van der Waals surface area contributed by atoms with Crippen molar-refractivity contribution in [1.82, 2.24) is 9.55 Å². The Morgan fingerprint density at radius 1 is 1.09 bits per heavy atom. The summed E-state index contributed by atoms with van der Waals surface area (Å²) in [5.74, 6) is -0.768. The summed E-state index contributed by atoms with van der Waals surface area (Å²) in [7, 11) is 1.56. The van der Waals surface area contributed by atoms with Crippen molar-refractivity contribution in [2.45, 2.75) is 5.16 Å². The summed E-state index contributed by atoms with van der Waals surface area (Å²) >= 11 is 1.07. The summed E-state index contributed by atoms with van der Waals surface area (Å²) in [5, 5.41) is 11.5. The monoisotopic (exact) mass is 464 g/mol. The largest absolute Gasteiger partial charge is 0.315 e. The number of hydrogen-bond donors (Lipinski definition) is 0. The van der Waals surface area contributed by atoms with Crippen LogP contribution in [0, 0.1) is 15.9 Å². The quantitative estimate of drug-likeness (QED) is 0.184. The first-order valence-corrected chi connectivity index (χ1v) is 10.8. The molecule has 0 bridgehead atoms. The van der Waals surface area contributed by atoms with Crippen LogP contribution in [0.3, 0.4) is 0 Å². The maximum Gasteiger partial charge on any atom is 0.269 e. The molecule has 10 heteroatoms. The predicted octanol–water partition coefficient (Wildman–Crippen LogP) is 4.19. The molecule has 0 saturated carbocycles. The number of rotatable bonds is 6. The minimum atomic E-state index is -0.512. The van der Waals surface area contributed by atoms with E-state index in [-0.39, 0.29) is 28.1 Å². The Morgan fingerprint density at radius 2 is 1.76 bits per heavy atom. The summed E-state index contributed by atoms with van der Waals surface area (Å²) < 4.78 is 14.8. The third-order valence-electron chi connectivity index (χ3n) is 4.98. The molecule has 4 aromatic rings. The first-order valence-electron chi connectivity index (χ1n) is 9.76. The Balaban J connectivity index is 1.64. The van der Waals surface area contributed by atoms with Gasteiger partial charge in [0.25, 0.3) is 11.2 Å². The average Bonchev–Trinajstić information content (AvgIpc) is 2.83. The van der Waals surface area contributed by atoms with Crippen LogP contribution in [0.25, 0.3) is 16.6 Å². The van der Waals surface area contributed by atoms with Crippen LogP contribution in [0.4, 0.5) is 15.8 Å². The van der Waals surface area contributed by atoms with E-state index in [0.717, 1.165) is 11.8 Å². The van der Waals surface area contributed by atoms with Gasteiger partial charge in [0, 0.05) is 24.9 Å². The van der Waals surface area contributed by atoms with Crippen molar-refractivity contribution in [2.75, 3.05) is 17.7 Å². The van der Waals surface area contributed by atoms with Gasteiger partial charge < -0.3 is 4.90 Å². The molecule has 166 valence electrons. The first-order chi connectivity index (χ1) is 15.8. The van der Waals surface area contributed by atoms with Crippen molar-refractivity contribution in [3.63, 3.8) is 0 Å². The fraction of sp³-hybridized carbons (Fsp3) is 0.0870. The number of fused-ring (bicyclic) bond motifs is 1. The second kappa shape index (κ2) is 9.21. The number of hydrogen-bond acceptors (Lipinski definition) is 6. The molecule has 0 aliphatic carbocycles. The molecule has 0 aliphatic rings. The van der Waals surface area contributed by atoms with Crippen LogP contribution < -0.4 is 10.5 Å². The Morgan fingerprint density at radius 3 is 2.42 bits per heavy atom. The van der Waals surface area contributed by atoms with E-state index in [1.165, 1.54) is 58.0 Å². The molecular formula is C23H17FN4O4S. The van der Waals surface area contributed by atoms with Crippen LogP contribution in [0.2, 0.25) is 0 Å². The maximum atomic E-state index is 13.4. The van der Waals surface area contributed by atoms with Gasteiger partial charge in [0.05, 0.1) is 27.3 Å². The van der Waals surface area contributed by atoms with Gasteiger partial charge in [0.1, 0.15) is 5.82 Å². The number of nitrogens with zero attached hydrogens (tertiary/aromatic N) is 4. The molecule has 0 unspecified atom stereocenters. The van der Waals surface area contributed by atoms with Crippen LogP contribution in [0.5, 0.6) is 0 Å². The van der Waals surface area contributed by atoms with E-state index >= 15 is 0 Å². The van der Waals surface area contributed by atoms with E-state index in [1.807, 2.05) is 0 Å². The molecule has 0 radical (unpaired) electrons. The minimum Gasteiger partial charge on any atom is -0.315 e. The molecule has 0 aliphatic heterocycles. The van der Waals surface area contributed by atoms with E-state index in [0.29, 0.717) is 22.3 Å². The Bertz CT molecular complexity index is 1410. The standard InChI is InChI=1S/C23H17FN4O4S/c1-26(16-10-12-18(13-11-16)28(31)32)21(29)14-33-23-25-20-5-3-2-4-19(20)22(30)27(23)17-8-6-15(24)7-9-17/h2-13H,14H2,1H3. The van der Waals surface area contributed by atoms with Gasteiger partial charge >= 0.3 is 0 Å². The summed E-state index contributed by atoms with van der Waals surface area (Å²) in [6.45, 7) is 0. The molecule has 1 aromatic heterocycles. The molecule has 33 heavy (non-hydrogen) atoms. The lowest BCUT2D eigenvalue weighted by molar-refractivity contribution is -0.384. The Hall–Kier alpha value is -4.05. The fourth-order valence-corrected chi connectivity index (χ4v) is 4.12. The van der Waals surface area contributed by atoms with Crippen molar-refractivity contribution in [3.05, 3.63) is 99.1 Å². The number of benzene rings is 3. The average molecular weight is 464 g/mol. The number of anilines is 1. The van der Waals surface area contributed by atoms with Crippen LogP contribution in [0.1, 0.15) is 0 Å². The summed E-state index contributed by atoms with van der Waals surface area (Å²) in [4.78, 5) is 42.2. The van der Waals surface area contributed by atoms with Crippen LogP contribution >= 0.6 is 11.8 Å². The number of halogens is 1. The SMILES string of the molecule is CN(C(=O)CSc1nc2ccccc2c(=O)n1-c1ccc(F)cc1)c1ccc([N+](=O)[O-])cc1. The molecule has 0 N–H and O–H groups in total. The van der Waals surface area contributed by atoms with Crippen LogP contribution in [0.15, 0.2) is 82.7 Å². The van der Waals surface area contributed by atoms with E-state index in [9.17, 15) is 24.1 Å². The van der Waals surface area contributed by atoms with E-state index in [1.54, 1.807) is 31.3 Å². The summed E-state index contributed by atoms with van der Waals surface area (Å²) in [5.41, 5.74) is 1.01. The number of non-ortho nitro benzene ring substituents is 1. The number of carbonyl (C=O) groups is 1. The zero-order valence-electron chi connectivity index (χ0n) is 17.3. The molecule has 4 rings (SSSR count). The molecular weight excluding hydrogens is 447 g/mol. The van der Waals surface area contributed by atoms with Crippen molar-refractivity contribution >= 4 is 39.9 Å². The molecule has 0 atom stereocenters. The number of nitro groups is 1. The number of amides is 1. The van der Waals surface area contributed by atoms with Gasteiger partial charge in [-0.15, -0.1) is 0 Å². The third-order valence-corrected chi connectivity index (χ3v) is 5.90. The minimum absolute atomic E-state index is 0.0422. The highest BCUT2D eigenvalue weighted by molar-refractivity contribution is 7.99. The van der Waals surface area contributed by atoms with Gasteiger partial charge in [-0.25, -0.2) is 9.37 Å². The number of aromatic nitrogens is 2. The van der Waals surface area contributed by atoms with Gasteiger partial charge in [0.2, 0.25) is 5.91 Å². The number of thioether (sulfide) groups is 1.